The van der Waals surface area contributed by atoms with Crippen LogP contribution in [0, 0.1) is 5.92 Å². The smallest absolute Gasteiger partial charge is 0.329 e. The fourth-order valence-electron chi connectivity index (χ4n) is 8.19. The molecule has 1 aliphatic carbocycles. The molecule has 2 saturated heterocycles. The van der Waals surface area contributed by atoms with Crippen LogP contribution in [0.4, 0.5) is 0 Å². The first-order chi connectivity index (χ1) is 27.9. The van der Waals surface area contributed by atoms with E-state index in [4.69, 9.17) is 37.9 Å². The van der Waals surface area contributed by atoms with Crippen molar-refractivity contribution in [3.63, 3.8) is 0 Å². The second-order valence-electron chi connectivity index (χ2n) is 14.7. The lowest BCUT2D eigenvalue weighted by Gasteiger charge is -2.33. The standard InChI is InChI=1S/C45H58N2O10/c1-50-38-19-17-31(27-39(38)51-2)16-18-37(33-13-9-14-35(28-33)56-26-23-46-21-24-55-25-22-46)57-45(49)36-15-10-20-47(36)44(48)42(32-11-7-6-8-12-32)34-29-40(52-3)43(54-5)41(30-34)53-4/h7,9,11,13-14,17,19,27-30,32,36-37,42H,6,8,10,12,15-16,18,20-26H2,1-5H3/t32-,36+,37?,42+/m1/s1. The van der Waals surface area contributed by atoms with E-state index in [1.807, 2.05) is 54.6 Å². The number of amides is 1. The summed E-state index contributed by atoms with van der Waals surface area (Å²) in [6.45, 7) is 5.02. The van der Waals surface area contributed by atoms with Gasteiger partial charge in [0.1, 0.15) is 24.5 Å². The van der Waals surface area contributed by atoms with E-state index in [1.54, 1.807) is 40.4 Å². The largest absolute Gasteiger partial charge is 0.493 e. The van der Waals surface area contributed by atoms with Crippen LogP contribution >= 0.6 is 0 Å². The molecule has 2 heterocycles. The van der Waals surface area contributed by atoms with Gasteiger partial charge in [-0.05, 0) is 104 Å². The van der Waals surface area contributed by atoms with Crippen molar-refractivity contribution in [3.8, 4) is 34.5 Å². The van der Waals surface area contributed by atoms with Crippen molar-refractivity contribution in [1.29, 1.82) is 0 Å². The van der Waals surface area contributed by atoms with Gasteiger partial charge in [-0.25, -0.2) is 4.79 Å². The SMILES string of the molecule is COc1ccc(CCC(OC(=O)[C@@H]2CCCN2C(=O)[C@H](c2cc(OC)c(OC)c(OC)c2)[C@@H]2C=CCCC2)c2cccc(OCCN3CCOCC3)c2)cc1OC. The average molecular weight is 787 g/mol. The van der Waals surface area contributed by atoms with Crippen LogP contribution in [-0.2, 0) is 25.5 Å². The number of aryl methyl sites for hydroxylation is 1. The van der Waals surface area contributed by atoms with Gasteiger partial charge in [0, 0.05) is 26.2 Å². The molecule has 1 unspecified atom stereocenters. The molecule has 0 N–H and O–H groups in total. The molecule has 0 saturated carbocycles. The number of morpholine rings is 1. The summed E-state index contributed by atoms with van der Waals surface area (Å²) in [4.78, 5) is 33.4. The minimum Gasteiger partial charge on any atom is -0.493 e. The Hall–Kier alpha value is -4.94. The van der Waals surface area contributed by atoms with Gasteiger partial charge in [0.2, 0.25) is 11.7 Å². The molecule has 0 radical (unpaired) electrons. The van der Waals surface area contributed by atoms with Crippen LogP contribution in [0.15, 0.2) is 66.7 Å². The van der Waals surface area contributed by atoms with Crippen LogP contribution in [0.5, 0.6) is 34.5 Å². The molecule has 308 valence electrons. The van der Waals surface area contributed by atoms with Gasteiger partial charge < -0.3 is 42.8 Å². The van der Waals surface area contributed by atoms with Gasteiger partial charge in [-0.3, -0.25) is 9.69 Å². The minimum atomic E-state index is -0.730. The molecule has 12 nitrogen and oxygen atoms in total. The summed E-state index contributed by atoms with van der Waals surface area (Å²) in [7, 11) is 7.92. The molecular weight excluding hydrogens is 728 g/mol. The Morgan fingerprint density at radius 2 is 1.54 bits per heavy atom. The van der Waals surface area contributed by atoms with E-state index in [0.29, 0.717) is 73.3 Å². The third-order valence-electron chi connectivity index (χ3n) is 11.3. The number of likely N-dealkylation sites (tertiary alicyclic amines) is 1. The van der Waals surface area contributed by atoms with E-state index in [1.165, 1.54) is 0 Å². The number of ether oxygens (including phenoxy) is 8. The quantitative estimate of drug-likeness (QED) is 0.100. The number of hydrogen-bond donors (Lipinski definition) is 0. The van der Waals surface area contributed by atoms with Crippen LogP contribution in [0.1, 0.15) is 67.2 Å². The number of nitrogens with zero attached hydrogens (tertiary/aromatic N) is 2. The first-order valence-electron chi connectivity index (χ1n) is 20.1. The van der Waals surface area contributed by atoms with Crippen molar-refractivity contribution in [2.24, 2.45) is 5.92 Å². The molecule has 12 heteroatoms. The van der Waals surface area contributed by atoms with E-state index < -0.39 is 24.0 Å². The van der Waals surface area contributed by atoms with Crippen molar-refractivity contribution >= 4 is 11.9 Å². The molecule has 3 aromatic rings. The lowest BCUT2D eigenvalue weighted by Crippen LogP contribution is -2.45. The summed E-state index contributed by atoms with van der Waals surface area (Å²) in [6, 6.07) is 16.6. The summed E-state index contributed by atoms with van der Waals surface area (Å²) in [5, 5.41) is 0. The Labute approximate surface area is 336 Å². The van der Waals surface area contributed by atoms with Crippen LogP contribution in [0.25, 0.3) is 0 Å². The third-order valence-corrected chi connectivity index (χ3v) is 11.3. The normalized spacial score (nSPS) is 19.4. The Bertz CT molecular complexity index is 1800. The highest BCUT2D eigenvalue weighted by atomic mass is 16.5. The van der Waals surface area contributed by atoms with Gasteiger partial charge in [-0.15, -0.1) is 0 Å². The molecule has 6 rings (SSSR count). The highest BCUT2D eigenvalue weighted by Gasteiger charge is 2.42. The number of carbonyl (C=O) groups is 2. The first kappa shape index (κ1) is 41.7. The Morgan fingerprint density at radius 1 is 0.789 bits per heavy atom. The number of esters is 1. The molecular formula is C45H58N2O10. The van der Waals surface area contributed by atoms with Gasteiger partial charge in [0.05, 0.1) is 54.7 Å². The van der Waals surface area contributed by atoms with E-state index in [-0.39, 0.29) is 11.8 Å². The third kappa shape index (κ3) is 10.3. The number of rotatable bonds is 18. The number of carbonyl (C=O) groups excluding carboxylic acids is 2. The summed E-state index contributed by atoms with van der Waals surface area (Å²) < 4.78 is 46.2. The fourth-order valence-corrected chi connectivity index (χ4v) is 8.19. The van der Waals surface area contributed by atoms with E-state index >= 15 is 0 Å². The first-order valence-corrected chi connectivity index (χ1v) is 20.1. The van der Waals surface area contributed by atoms with E-state index in [2.05, 4.69) is 17.1 Å². The Balaban J connectivity index is 1.25. The molecule has 0 spiro atoms. The van der Waals surface area contributed by atoms with E-state index in [0.717, 1.165) is 68.8 Å². The van der Waals surface area contributed by atoms with E-state index in [9.17, 15) is 9.59 Å². The molecule has 3 aromatic carbocycles. The zero-order valence-electron chi connectivity index (χ0n) is 34.0. The lowest BCUT2D eigenvalue weighted by atomic mass is 9.79. The fraction of sp³-hybridized carbons (Fsp3) is 0.511. The molecule has 1 amide bonds. The molecule has 57 heavy (non-hydrogen) atoms. The van der Waals surface area contributed by atoms with Crippen molar-refractivity contribution in [2.45, 2.75) is 63.0 Å². The number of methoxy groups -OCH3 is 5. The highest BCUT2D eigenvalue weighted by molar-refractivity contribution is 5.90. The monoisotopic (exact) mass is 786 g/mol. The Kier molecular flexibility index (Phi) is 15.0. The average Bonchev–Trinajstić information content (AvgIpc) is 3.76. The molecule has 4 atom stereocenters. The summed E-state index contributed by atoms with van der Waals surface area (Å²) in [5.41, 5.74) is 2.59. The van der Waals surface area contributed by atoms with Crippen molar-refractivity contribution in [2.75, 3.05) is 81.5 Å². The molecule has 2 aliphatic heterocycles. The van der Waals surface area contributed by atoms with Crippen LogP contribution in [0.2, 0.25) is 0 Å². The van der Waals surface area contributed by atoms with Crippen molar-refractivity contribution in [1.82, 2.24) is 9.80 Å². The highest BCUT2D eigenvalue weighted by Crippen LogP contribution is 2.44. The predicted molar refractivity (Wildman–Crippen MR) is 216 cm³/mol. The summed E-state index contributed by atoms with van der Waals surface area (Å²) >= 11 is 0. The number of hydrogen-bond acceptors (Lipinski definition) is 11. The summed E-state index contributed by atoms with van der Waals surface area (Å²) in [5.74, 6) is 2.25. The second kappa shape index (κ2) is 20.5. The van der Waals surface area contributed by atoms with Gasteiger partial charge >= 0.3 is 5.97 Å². The van der Waals surface area contributed by atoms with Crippen molar-refractivity contribution < 1.29 is 47.5 Å². The number of allylic oxidation sites excluding steroid dienone is 2. The van der Waals surface area contributed by atoms with Crippen LogP contribution in [-0.4, -0.2) is 109 Å². The maximum atomic E-state index is 14.9. The maximum Gasteiger partial charge on any atom is 0.329 e. The summed E-state index contributed by atoms with van der Waals surface area (Å²) in [6.07, 6.45) is 8.77. The molecule has 0 aromatic heterocycles. The molecule has 3 aliphatic rings. The second-order valence-corrected chi connectivity index (χ2v) is 14.7. The van der Waals surface area contributed by atoms with Crippen molar-refractivity contribution in [3.05, 3.63) is 83.4 Å². The number of benzene rings is 3. The van der Waals surface area contributed by atoms with Crippen LogP contribution < -0.4 is 28.4 Å². The van der Waals surface area contributed by atoms with Gasteiger partial charge in [0.15, 0.2) is 23.0 Å². The molecule has 2 fully saturated rings. The van der Waals surface area contributed by atoms with Crippen LogP contribution in [0.3, 0.4) is 0 Å². The molecule has 0 bridgehead atoms. The minimum absolute atomic E-state index is 0.0634. The zero-order valence-corrected chi connectivity index (χ0v) is 34.0. The lowest BCUT2D eigenvalue weighted by molar-refractivity contribution is -0.159. The van der Waals surface area contributed by atoms with Gasteiger partial charge in [0.25, 0.3) is 0 Å². The Morgan fingerprint density at radius 3 is 2.23 bits per heavy atom. The van der Waals surface area contributed by atoms with Gasteiger partial charge in [-0.2, -0.15) is 0 Å². The zero-order chi connectivity index (χ0) is 40.1. The maximum absolute atomic E-state index is 14.9. The topological polar surface area (TPSA) is 114 Å². The van der Waals surface area contributed by atoms with Gasteiger partial charge in [-0.1, -0.05) is 30.4 Å². The predicted octanol–water partition coefficient (Wildman–Crippen LogP) is 6.79.